The predicted octanol–water partition coefficient (Wildman–Crippen LogP) is 1.73. The van der Waals surface area contributed by atoms with Gasteiger partial charge in [-0.25, -0.2) is 0 Å². The Kier molecular flexibility index (Phi) is 3.22. The van der Waals surface area contributed by atoms with Crippen LogP contribution >= 0.6 is 0 Å². The van der Waals surface area contributed by atoms with Crippen LogP contribution in [0.2, 0.25) is 0 Å². The minimum Gasteiger partial charge on any atom is -0.390 e. The van der Waals surface area contributed by atoms with E-state index in [1.807, 2.05) is 37.3 Å². The summed E-state index contributed by atoms with van der Waals surface area (Å²) in [6, 6.07) is 9.96. The highest BCUT2D eigenvalue weighted by Gasteiger charge is 2.30. The fraction of sp³-hybridized carbons (Fsp3) is 0.400. The normalized spacial score (nSPS) is 27.6. The van der Waals surface area contributed by atoms with Gasteiger partial charge in [-0.05, 0) is 24.6 Å². The zero-order valence-electron chi connectivity index (χ0n) is 10.8. The second-order valence-corrected chi connectivity index (χ2v) is 5.07. The Labute approximate surface area is 111 Å². The zero-order chi connectivity index (χ0) is 13.4. The highest BCUT2D eigenvalue weighted by molar-refractivity contribution is 5.82. The van der Waals surface area contributed by atoms with E-state index in [2.05, 4.69) is 4.98 Å². The molecule has 1 aliphatic rings. The van der Waals surface area contributed by atoms with Crippen LogP contribution in [0.5, 0.6) is 0 Å². The first kappa shape index (κ1) is 12.5. The average Bonchev–Trinajstić information content (AvgIpc) is 2.42. The molecule has 4 nitrogen and oxygen atoms in total. The topological polar surface area (TPSA) is 62.6 Å². The molecule has 2 N–H and O–H groups in total. The number of aliphatic hydroxyl groups is 2. The van der Waals surface area contributed by atoms with Crippen molar-refractivity contribution < 1.29 is 14.9 Å². The minimum atomic E-state index is -0.794. The molecule has 100 valence electrons. The number of aromatic nitrogens is 1. The molecule has 4 heteroatoms. The molecule has 1 fully saturated rings. The molecule has 3 atom stereocenters. The third kappa shape index (κ3) is 2.34. The second kappa shape index (κ2) is 4.89. The van der Waals surface area contributed by atoms with Crippen LogP contribution in [0.1, 0.15) is 23.8 Å². The van der Waals surface area contributed by atoms with Crippen molar-refractivity contribution in [2.24, 2.45) is 0 Å². The van der Waals surface area contributed by atoms with E-state index in [9.17, 15) is 10.2 Å². The van der Waals surface area contributed by atoms with E-state index >= 15 is 0 Å². The van der Waals surface area contributed by atoms with E-state index in [0.29, 0.717) is 6.42 Å². The zero-order valence-corrected chi connectivity index (χ0v) is 10.8. The molecule has 0 spiro atoms. The Bertz CT molecular complexity index is 599. The van der Waals surface area contributed by atoms with Crippen LogP contribution in [0, 0.1) is 6.92 Å². The molecule has 0 saturated carbocycles. The summed E-state index contributed by atoms with van der Waals surface area (Å²) in [5.74, 6) is 0. The van der Waals surface area contributed by atoms with Gasteiger partial charge in [-0.15, -0.1) is 0 Å². The lowest BCUT2D eigenvalue weighted by Crippen LogP contribution is -2.38. The molecule has 1 aliphatic heterocycles. The Hall–Kier alpha value is -1.49. The predicted molar refractivity (Wildman–Crippen MR) is 71.8 cm³/mol. The second-order valence-electron chi connectivity index (χ2n) is 5.07. The third-order valence-corrected chi connectivity index (χ3v) is 3.64. The number of pyridine rings is 1. The van der Waals surface area contributed by atoms with Crippen molar-refractivity contribution in [2.45, 2.75) is 31.7 Å². The summed E-state index contributed by atoms with van der Waals surface area (Å²) in [4.78, 5) is 4.60. The fourth-order valence-electron chi connectivity index (χ4n) is 2.52. The first-order chi connectivity index (χ1) is 9.15. The number of hydrogen-bond acceptors (Lipinski definition) is 4. The standard InChI is InChI=1S/C15H17NO3/c1-9-6-12(15-7-13(17)14(18)8-19-15)16-11-5-3-2-4-10(9)11/h2-6,13-15,17-18H,7-8H2,1H3/t13-,14+,15-/m0/s1. The number of para-hydroxylation sites is 1. The molecule has 0 unspecified atom stereocenters. The van der Waals surface area contributed by atoms with Gasteiger partial charge in [0.05, 0.1) is 23.9 Å². The summed E-state index contributed by atoms with van der Waals surface area (Å²) in [5, 5.41) is 20.3. The van der Waals surface area contributed by atoms with Crippen molar-refractivity contribution in [3.63, 3.8) is 0 Å². The molecule has 1 aromatic carbocycles. The van der Waals surface area contributed by atoms with Crippen LogP contribution in [0.4, 0.5) is 0 Å². The molecule has 0 bridgehead atoms. The van der Waals surface area contributed by atoms with Gasteiger partial charge in [-0.2, -0.15) is 0 Å². The molecule has 2 heterocycles. The Morgan fingerprint density at radius 1 is 1.21 bits per heavy atom. The number of aliphatic hydroxyl groups excluding tert-OH is 2. The molecule has 1 saturated heterocycles. The molecule has 0 amide bonds. The number of hydrogen-bond donors (Lipinski definition) is 2. The molecule has 0 aliphatic carbocycles. The first-order valence-corrected chi connectivity index (χ1v) is 6.49. The Morgan fingerprint density at radius 3 is 2.79 bits per heavy atom. The third-order valence-electron chi connectivity index (χ3n) is 3.64. The molecular weight excluding hydrogens is 242 g/mol. The summed E-state index contributed by atoms with van der Waals surface area (Å²) in [5.41, 5.74) is 2.90. The number of aryl methyl sites for hydroxylation is 1. The van der Waals surface area contributed by atoms with E-state index < -0.39 is 12.2 Å². The molecule has 1 aromatic heterocycles. The van der Waals surface area contributed by atoms with E-state index in [4.69, 9.17) is 4.74 Å². The Balaban J connectivity index is 1.97. The monoisotopic (exact) mass is 259 g/mol. The smallest absolute Gasteiger partial charge is 0.103 e. The average molecular weight is 259 g/mol. The van der Waals surface area contributed by atoms with Crippen LogP contribution in [-0.4, -0.2) is 34.0 Å². The molecule has 3 rings (SSSR count). The number of nitrogens with zero attached hydrogens (tertiary/aromatic N) is 1. The van der Waals surface area contributed by atoms with Crippen molar-refractivity contribution >= 4 is 10.9 Å². The van der Waals surface area contributed by atoms with Gasteiger partial charge in [0.2, 0.25) is 0 Å². The lowest BCUT2D eigenvalue weighted by atomic mass is 9.99. The maximum absolute atomic E-state index is 9.73. The SMILES string of the molecule is Cc1cc([C@@H]2C[C@H](O)[C@H](O)CO2)nc2ccccc12. The highest BCUT2D eigenvalue weighted by atomic mass is 16.5. The maximum Gasteiger partial charge on any atom is 0.103 e. The van der Waals surface area contributed by atoms with Crippen LogP contribution in [0.15, 0.2) is 30.3 Å². The van der Waals surface area contributed by atoms with Gasteiger partial charge in [-0.1, -0.05) is 18.2 Å². The van der Waals surface area contributed by atoms with Crippen molar-refractivity contribution in [1.82, 2.24) is 4.98 Å². The molecule has 0 radical (unpaired) electrons. The van der Waals surface area contributed by atoms with Gasteiger partial charge in [0.15, 0.2) is 0 Å². The molecular formula is C15H17NO3. The maximum atomic E-state index is 9.73. The minimum absolute atomic E-state index is 0.152. The van der Waals surface area contributed by atoms with Gasteiger partial charge < -0.3 is 14.9 Å². The lowest BCUT2D eigenvalue weighted by molar-refractivity contribution is -0.123. The van der Waals surface area contributed by atoms with Crippen molar-refractivity contribution in [2.75, 3.05) is 6.61 Å². The van der Waals surface area contributed by atoms with Gasteiger partial charge in [0.25, 0.3) is 0 Å². The summed E-state index contributed by atoms with van der Waals surface area (Å²) in [7, 11) is 0. The molecule has 2 aromatic rings. The van der Waals surface area contributed by atoms with Crippen LogP contribution in [0.3, 0.4) is 0 Å². The quantitative estimate of drug-likeness (QED) is 0.818. The van der Waals surface area contributed by atoms with Crippen molar-refractivity contribution in [1.29, 1.82) is 0 Å². The van der Waals surface area contributed by atoms with E-state index in [1.165, 1.54) is 0 Å². The van der Waals surface area contributed by atoms with Crippen LogP contribution in [0.25, 0.3) is 10.9 Å². The largest absolute Gasteiger partial charge is 0.390 e. The van der Waals surface area contributed by atoms with Crippen LogP contribution in [-0.2, 0) is 4.74 Å². The van der Waals surface area contributed by atoms with E-state index in [1.54, 1.807) is 0 Å². The van der Waals surface area contributed by atoms with Crippen LogP contribution < -0.4 is 0 Å². The number of benzene rings is 1. The first-order valence-electron chi connectivity index (χ1n) is 6.49. The summed E-state index contributed by atoms with van der Waals surface area (Å²) in [6.45, 7) is 2.20. The summed E-state index contributed by atoms with van der Waals surface area (Å²) >= 11 is 0. The van der Waals surface area contributed by atoms with E-state index in [0.717, 1.165) is 22.2 Å². The van der Waals surface area contributed by atoms with Crippen molar-refractivity contribution in [3.8, 4) is 0 Å². The number of fused-ring (bicyclic) bond motifs is 1. The van der Waals surface area contributed by atoms with Gasteiger partial charge in [-0.3, -0.25) is 4.98 Å². The summed E-state index contributed by atoms with van der Waals surface area (Å²) < 4.78 is 5.58. The number of rotatable bonds is 1. The van der Waals surface area contributed by atoms with Gasteiger partial charge >= 0.3 is 0 Å². The van der Waals surface area contributed by atoms with E-state index in [-0.39, 0.29) is 12.7 Å². The lowest BCUT2D eigenvalue weighted by Gasteiger charge is -2.30. The van der Waals surface area contributed by atoms with Crippen molar-refractivity contribution in [3.05, 3.63) is 41.6 Å². The number of ether oxygens (including phenoxy) is 1. The fourth-order valence-corrected chi connectivity index (χ4v) is 2.52. The highest BCUT2D eigenvalue weighted by Crippen LogP contribution is 2.29. The van der Waals surface area contributed by atoms with Gasteiger partial charge in [0.1, 0.15) is 12.2 Å². The Morgan fingerprint density at radius 2 is 2.00 bits per heavy atom. The van der Waals surface area contributed by atoms with Gasteiger partial charge in [0, 0.05) is 11.8 Å². The summed E-state index contributed by atoms with van der Waals surface area (Å²) in [6.07, 6.45) is -1.40. The molecule has 19 heavy (non-hydrogen) atoms.